The predicted octanol–water partition coefficient (Wildman–Crippen LogP) is 4.93. The molecule has 0 spiro atoms. The number of carbonyl (C=O) groups excluding carboxylic acids is 1. The van der Waals surface area contributed by atoms with Crippen LogP contribution in [0.25, 0.3) is 16.8 Å². The van der Waals surface area contributed by atoms with E-state index in [-0.39, 0.29) is 5.91 Å². The van der Waals surface area contributed by atoms with Crippen LogP contribution in [0.15, 0.2) is 76.6 Å². The summed E-state index contributed by atoms with van der Waals surface area (Å²) in [6.07, 6.45) is 1.90. The number of hydrogen-bond acceptors (Lipinski definition) is 5. The molecule has 1 heterocycles. The Morgan fingerprint density at radius 1 is 1.00 bits per heavy atom. The molecule has 0 N–H and O–H groups in total. The van der Waals surface area contributed by atoms with E-state index in [1.54, 1.807) is 17.1 Å². The average Bonchev–Trinajstić information content (AvgIpc) is 3.04. The molecular formula is C23H21N3O2S. The molecule has 1 fully saturated rings. The topological polar surface area (TPSA) is 45.1 Å². The zero-order valence-electron chi connectivity index (χ0n) is 16.5. The fourth-order valence-corrected chi connectivity index (χ4v) is 4.27. The minimum Gasteiger partial charge on any atom is -0.496 e. The van der Waals surface area contributed by atoms with Gasteiger partial charge in [-0.3, -0.25) is 4.79 Å². The number of aliphatic imine (C=N–C) groups is 1. The van der Waals surface area contributed by atoms with Crippen molar-refractivity contribution >= 4 is 45.4 Å². The first-order valence-corrected chi connectivity index (χ1v) is 10.0. The number of benzene rings is 3. The van der Waals surface area contributed by atoms with E-state index < -0.39 is 0 Å². The Balaban J connectivity index is 1.82. The van der Waals surface area contributed by atoms with Gasteiger partial charge in [-0.05, 0) is 46.8 Å². The van der Waals surface area contributed by atoms with Gasteiger partial charge in [-0.1, -0.05) is 48.5 Å². The van der Waals surface area contributed by atoms with Crippen molar-refractivity contribution in [1.29, 1.82) is 0 Å². The van der Waals surface area contributed by atoms with Gasteiger partial charge in [0.15, 0.2) is 5.17 Å². The monoisotopic (exact) mass is 403 g/mol. The highest BCUT2D eigenvalue weighted by atomic mass is 32.2. The lowest BCUT2D eigenvalue weighted by Crippen LogP contribution is -2.40. The highest BCUT2D eigenvalue weighted by molar-refractivity contribution is 8.18. The van der Waals surface area contributed by atoms with Crippen molar-refractivity contribution < 1.29 is 9.53 Å². The van der Waals surface area contributed by atoms with Crippen molar-refractivity contribution in [3.05, 3.63) is 77.2 Å². The molecule has 3 aromatic rings. The van der Waals surface area contributed by atoms with Gasteiger partial charge in [-0.25, -0.2) is 15.0 Å². The molecule has 5 nitrogen and oxygen atoms in total. The minimum absolute atomic E-state index is 0.107. The number of amides is 1. The number of rotatable bonds is 4. The lowest BCUT2D eigenvalue weighted by atomic mass is 10.0. The van der Waals surface area contributed by atoms with Crippen LogP contribution in [0.1, 0.15) is 5.56 Å². The van der Waals surface area contributed by atoms with E-state index in [1.807, 2.05) is 80.8 Å². The summed E-state index contributed by atoms with van der Waals surface area (Å²) in [7, 11) is 5.31. The van der Waals surface area contributed by atoms with Crippen molar-refractivity contribution in [2.75, 3.05) is 21.2 Å². The molecule has 1 amide bonds. The molecule has 6 heteroatoms. The van der Waals surface area contributed by atoms with Gasteiger partial charge in [0.2, 0.25) is 0 Å². The second-order valence-corrected chi connectivity index (χ2v) is 7.72. The van der Waals surface area contributed by atoms with Gasteiger partial charge in [0.1, 0.15) is 5.75 Å². The Morgan fingerprint density at radius 3 is 2.45 bits per heavy atom. The molecule has 0 aliphatic carbocycles. The minimum atomic E-state index is -0.107. The van der Waals surface area contributed by atoms with Gasteiger partial charge in [0, 0.05) is 19.7 Å². The van der Waals surface area contributed by atoms with Crippen LogP contribution >= 0.6 is 11.8 Å². The molecule has 0 radical (unpaired) electrons. The molecule has 1 aliphatic heterocycles. The van der Waals surface area contributed by atoms with Gasteiger partial charge in [-0.2, -0.15) is 0 Å². The van der Waals surface area contributed by atoms with E-state index in [0.29, 0.717) is 10.1 Å². The van der Waals surface area contributed by atoms with Gasteiger partial charge in [0.25, 0.3) is 5.91 Å². The van der Waals surface area contributed by atoms with Crippen molar-refractivity contribution in [2.45, 2.75) is 0 Å². The van der Waals surface area contributed by atoms with Gasteiger partial charge in [-0.15, -0.1) is 0 Å². The van der Waals surface area contributed by atoms with Crippen molar-refractivity contribution in [1.82, 2.24) is 10.0 Å². The van der Waals surface area contributed by atoms with E-state index in [9.17, 15) is 4.79 Å². The van der Waals surface area contributed by atoms with Gasteiger partial charge >= 0.3 is 0 Å². The van der Waals surface area contributed by atoms with Gasteiger partial charge in [0.05, 0.1) is 17.7 Å². The summed E-state index contributed by atoms with van der Waals surface area (Å²) in [6, 6.07) is 21.7. The molecule has 1 aliphatic rings. The molecule has 3 aromatic carbocycles. The number of para-hydroxylation sites is 1. The Labute approximate surface area is 174 Å². The van der Waals surface area contributed by atoms with Crippen LogP contribution in [0.3, 0.4) is 0 Å². The normalized spacial score (nSPS) is 17.1. The molecule has 0 aromatic heterocycles. The van der Waals surface area contributed by atoms with Crippen LogP contribution in [0.2, 0.25) is 0 Å². The summed E-state index contributed by atoms with van der Waals surface area (Å²) in [5.74, 6) is 0.624. The second kappa shape index (κ2) is 8.11. The van der Waals surface area contributed by atoms with E-state index in [1.165, 1.54) is 11.8 Å². The smallest absolute Gasteiger partial charge is 0.281 e. The zero-order valence-corrected chi connectivity index (χ0v) is 17.3. The van der Waals surface area contributed by atoms with Crippen LogP contribution in [-0.2, 0) is 4.79 Å². The Morgan fingerprint density at radius 2 is 1.72 bits per heavy atom. The lowest BCUT2D eigenvalue weighted by Gasteiger charge is -2.22. The quantitative estimate of drug-likeness (QED) is 0.580. The molecule has 0 atom stereocenters. The number of carbonyl (C=O) groups is 1. The molecule has 1 saturated heterocycles. The van der Waals surface area contributed by atoms with Crippen molar-refractivity contribution in [2.24, 2.45) is 4.99 Å². The molecule has 0 unspecified atom stereocenters. The average molecular weight is 404 g/mol. The Kier molecular flexibility index (Phi) is 5.38. The summed E-state index contributed by atoms with van der Waals surface area (Å²) >= 11 is 1.36. The maximum Gasteiger partial charge on any atom is 0.281 e. The molecule has 0 saturated carbocycles. The summed E-state index contributed by atoms with van der Waals surface area (Å²) in [5, 5.41) is 6.09. The first-order valence-electron chi connectivity index (χ1n) is 9.19. The van der Waals surface area contributed by atoms with E-state index in [0.717, 1.165) is 27.8 Å². The van der Waals surface area contributed by atoms with Crippen LogP contribution < -0.4 is 4.74 Å². The molecule has 146 valence electrons. The number of methoxy groups -OCH3 is 1. The zero-order chi connectivity index (χ0) is 20.4. The highest BCUT2D eigenvalue weighted by Crippen LogP contribution is 2.38. The number of hydrazine groups is 1. The third-order valence-corrected chi connectivity index (χ3v) is 5.55. The Bertz CT molecular complexity index is 1120. The fraction of sp³-hybridized carbons (Fsp3) is 0.130. The standard InChI is InChI=1S/C23H21N3O2S/c1-25(2)26-22(27)21(29-23(26)24-17-10-5-4-6-11-17)15-19-18-12-8-7-9-16(18)13-14-20(19)28-3/h4-15H,1-3H3/b21-15-,24-23?. The number of nitrogens with zero attached hydrogens (tertiary/aromatic N) is 3. The molecule has 0 bridgehead atoms. The number of fused-ring (bicyclic) bond motifs is 1. The van der Waals surface area contributed by atoms with E-state index >= 15 is 0 Å². The first kappa shape index (κ1) is 19.2. The highest BCUT2D eigenvalue weighted by Gasteiger charge is 2.35. The number of amidine groups is 1. The fourth-order valence-electron chi connectivity index (χ4n) is 3.24. The molecule has 4 rings (SSSR count). The summed E-state index contributed by atoms with van der Waals surface area (Å²) in [5.41, 5.74) is 1.69. The molecule has 29 heavy (non-hydrogen) atoms. The lowest BCUT2D eigenvalue weighted by molar-refractivity contribution is -0.130. The van der Waals surface area contributed by atoms with Crippen LogP contribution in [-0.4, -0.2) is 42.3 Å². The first-order chi connectivity index (χ1) is 14.1. The van der Waals surface area contributed by atoms with Gasteiger partial charge < -0.3 is 4.74 Å². The summed E-state index contributed by atoms with van der Waals surface area (Å²) in [4.78, 5) is 18.4. The largest absolute Gasteiger partial charge is 0.496 e. The number of ether oxygens (including phenoxy) is 1. The van der Waals surface area contributed by atoms with Crippen LogP contribution in [0, 0.1) is 0 Å². The van der Waals surface area contributed by atoms with E-state index in [2.05, 4.69) is 11.1 Å². The maximum absolute atomic E-state index is 13.2. The third kappa shape index (κ3) is 3.77. The predicted molar refractivity (Wildman–Crippen MR) is 120 cm³/mol. The third-order valence-electron chi connectivity index (χ3n) is 4.59. The summed E-state index contributed by atoms with van der Waals surface area (Å²) in [6.45, 7) is 0. The number of thioether (sulfide) groups is 1. The SMILES string of the molecule is COc1ccc2ccccc2c1/C=C1\SC(=Nc2ccccc2)N(N(C)C)C1=O. The van der Waals surface area contributed by atoms with E-state index in [4.69, 9.17) is 4.74 Å². The van der Waals surface area contributed by atoms with Crippen molar-refractivity contribution in [3.8, 4) is 5.75 Å². The van der Waals surface area contributed by atoms with Crippen molar-refractivity contribution in [3.63, 3.8) is 0 Å². The Hall–Kier alpha value is -3.09. The maximum atomic E-state index is 13.2. The second-order valence-electron chi connectivity index (χ2n) is 6.71. The molecular weight excluding hydrogens is 382 g/mol. The van der Waals surface area contributed by atoms with Crippen LogP contribution in [0.4, 0.5) is 5.69 Å². The van der Waals surface area contributed by atoms with Crippen LogP contribution in [0.5, 0.6) is 5.75 Å². The summed E-state index contributed by atoms with van der Waals surface area (Å²) < 4.78 is 5.58. The number of hydrogen-bond donors (Lipinski definition) is 0.